The molecule has 0 bridgehead atoms. The van der Waals surface area contributed by atoms with Gasteiger partial charge in [-0.15, -0.1) is 0 Å². The monoisotopic (exact) mass is 665 g/mol. The van der Waals surface area contributed by atoms with Crippen LogP contribution in [0, 0.1) is 6.92 Å². The molecule has 4 aliphatic rings. The van der Waals surface area contributed by atoms with E-state index in [1.54, 1.807) is 0 Å². The zero-order valence-electron chi connectivity index (χ0n) is 24.8. The first kappa shape index (κ1) is 28.6. The minimum atomic E-state index is 0.0977. The summed E-state index contributed by atoms with van der Waals surface area (Å²) in [6.45, 7) is 9.82. The van der Waals surface area contributed by atoms with Gasteiger partial charge in [-0.05, 0) is 51.1 Å². The second-order valence-electron chi connectivity index (χ2n) is 12.1. The molecule has 1 aromatic heterocycles. The molecule has 4 aliphatic heterocycles. The molecule has 5 heterocycles. The highest BCUT2D eigenvalue weighted by atomic mass is 35.5. The van der Waals surface area contributed by atoms with Gasteiger partial charge in [0, 0.05) is 48.9 Å². The van der Waals surface area contributed by atoms with Crippen LogP contribution < -0.4 is 25.0 Å². The quantitative estimate of drug-likeness (QED) is 0.216. The van der Waals surface area contributed by atoms with Crippen LogP contribution in [0.4, 0.5) is 17.1 Å². The molecule has 0 radical (unpaired) electrons. The topological polar surface area (TPSA) is 39.4 Å². The Kier molecular flexibility index (Phi) is 6.89. The first-order valence-electron chi connectivity index (χ1n) is 15.3. The number of imidazole rings is 1. The largest absolute Gasteiger partial charge is 0.379 e. The van der Waals surface area contributed by atoms with Crippen molar-refractivity contribution < 1.29 is 4.57 Å². The summed E-state index contributed by atoms with van der Waals surface area (Å²) >= 11 is 26.3. The van der Waals surface area contributed by atoms with E-state index in [4.69, 9.17) is 46.4 Å². The molecule has 0 fully saturated rings. The summed E-state index contributed by atoms with van der Waals surface area (Å²) in [5.41, 5.74) is 9.31. The van der Waals surface area contributed by atoms with E-state index in [-0.39, 0.29) is 18.1 Å². The summed E-state index contributed by atoms with van der Waals surface area (Å²) in [6.07, 6.45) is 3.43. The number of aromatic nitrogens is 2. The van der Waals surface area contributed by atoms with Gasteiger partial charge in [0.15, 0.2) is 11.0 Å². The number of anilines is 3. The number of fused-ring (bicyclic) bond motifs is 9. The summed E-state index contributed by atoms with van der Waals surface area (Å²) in [5, 5.41) is 10.3. The minimum absolute atomic E-state index is 0.0977. The Morgan fingerprint density at radius 2 is 1.61 bits per heavy atom. The third-order valence-corrected chi connectivity index (χ3v) is 11.0. The third-order valence-electron chi connectivity index (χ3n) is 9.60. The van der Waals surface area contributed by atoms with Crippen molar-refractivity contribution in [1.82, 2.24) is 9.88 Å². The van der Waals surface area contributed by atoms with Crippen molar-refractivity contribution in [2.45, 2.75) is 58.4 Å². The Labute approximate surface area is 277 Å². The Balaban J connectivity index is 1.34. The number of aryl methyl sites for hydroxylation is 3. The van der Waals surface area contributed by atoms with Gasteiger partial charge in [0.1, 0.15) is 5.82 Å². The highest BCUT2D eigenvalue weighted by Gasteiger charge is 2.48. The molecule has 0 saturated heterocycles. The standard InChI is InChI=1S/C34H33Cl4N6/c1-4-41-28-13-22(35)24(37)15-30(28)43-11-10-26-20(33(41)43)12-21-32(40-26)27(39-19-8-6-18(3)7-9-19)17-44-31-16-25(38)23(36)14-29(31)42(5-2)34(21)44/h6-9,12-16,26-27,32,39-40H,4-5,10-11,17H2,1-3H3/q+1. The molecule has 4 aromatic rings. The Bertz CT molecular complexity index is 1870. The lowest BCUT2D eigenvalue weighted by molar-refractivity contribution is -0.678. The van der Waals surface area contributed by atoms with Crippen LogP contribution in [-0.2, 0) is 13.1 Å². The SMILES string of the molecule is CCN1C2=C3C=C4c5n(CC)c6cc(Cl)c(Cl)cc6[n+]5CCC4NC3C(Nc3ccc(C)cc3)CN2c2cc(Cl)c(Cl)cc21. The maximum Gasteiger partial charge on any atom is 0.287 e. The van der Waals surface area contributed by atoms with Gasteiger partial charge in [0.25, 0.3) is 5.82 Å². The molecule has 2 N–H and O–H groups in total. The zero-order valence-corrected chi connectivity index (χ0v) is 27.8. The maximum atomic E-state index is 6.62. The number of halogens is 4. The van der Waals surface area contributed by atoms with Crippen LogP contribution in [0.1, 0.15) is 31.7 Å². The highest BCUT2D eigenvalue weighted by molar-refractivity contribution is 6.43. The molecule has 6 nitrogen and oxygen atoms in total. The van der Waals surface area contributed by atoms with E-state index >= 15 is 0 Å². The van der Waals surface area contributed by atoms with E-state index in [0.717, 1.165) is 60.7 Å². The molecule has 10 heteroatoms. The Hall–Kier alpha value is -2.87. The van der Waals surface area contributed by atoms with Gasteiger partial charge in [-0.1, -0.05) is 64.1 Å². The van der Waals surface area contributed by atoms with Crippen molar-refractivity contribution in [3.05, 3.63) is 97.5 Å². The van der Waals surface area contributed by atoms with Crippen LogP contribution >= 0.6 is 46.4 Å². The van der Waals surface area contributed by atoms with Crippen molar-refractivity contribution in [3.8, 4) is 0 Å². The summed E-state index contributed by atoms with van der Waals surface area (Å²) in [5.74, 6) is 2.40. The summed E-state index contributed by atoms with van der Waals surface area (Å²) in [7, 11) is 0. The number of hydrogen-bond acceptors (Lipinski definition) is 4. The second kappa shape index (κ2) is 10.6. The molecule has 8 rings (SSSR count). The first-order valence-corrected chi connectivity index (χ1v) is 16.8. The molecular weight excluding hydrogens is 634 g/mol. The van der Waals surface area contributed by atoms with Gasteiger partial charge < -0.3 is 20.4 Å². The van der Waals surface area contributed by atoms with E-state index in [1.165, 1.54) is 28.4 Å². The molecular formula is C34H33Cl4N6+. The van der Waals surface area contributed by atoms with Crippen molar-refractivity contribution in [1.29, 1.82) is 0 Å². The van der Waals surface area contributed by atoms with Crippen LogP contribution in [0.2, 0.25) is 20.1 Å². The van der Waals surface area contributed by atoms with E-state index < -0.39 is 0 Å². The fourth-order valence-electron chi connectivity index (χ4n) is 7.64. The fraction of sp³-hybridized carbons (Fsp3) is 0.324. The van der Waals surface area contributed by atoms with Crippen molar-refractivity contribution in [3.63, 3.8) is 0 Å². The van der Waals surface area contributed by atoms with Gasteiger partial charge >= 0.3 is 0 Å². The second-order valence-corrected chi connectivity index (χ2v) is 13.7. The fourth-order valence-corrected chi connectivity index (χ4v) is 8.27. The Morgan fingerprint density at radius 3 is 2.34 bits per heavy atom. The lowest BCUT2D eigenvalue weighted by Gasteiger charge is -2.45. The smallest absolute Gasteiger partial charge is 0.287 e. The van der Waals surface area contributed by atoms with E-state index in [9.17, 15) is 0 Å². The predicted molar refractivity (Wildman–Crippen MR) is 184 cm³/mol. The number of hydrogen-bond donors (Lipinski definition) is 2. The minimum Gasteiger partial charge on any atom is -0.379 e. The molecule has 226 valence electrons. The normalized spacial score (nSPS) is 22.0. The average molecular weight is 667 g/mol. The molecule has 0 saturated carbocycles. The van der Waals surface area contributed by atoms with Gasteiger partial charge in [-0.2, -0.15) is 0 Å². The predicted octanol–water partition coefficient (Wildman–Crippen LogP) is 8.05. The van der Waals surface area contributed by atoms with Crippen molar-refractivity contribution in [2.24, 2.45) is 0 Å². The average Bonchev–Trinajstić information content (AvgIpc) is 3.49. The van der Waals surface area contributed by atoms with Crippen LogP contribution in [0.15, 0.2) is 66.0 Å². The molecule has 0 aliphatic carbocycles. The van der Waals surface area contributed by atoms with Crippen molar-refractivity contribution in [2.75, 3.05) is 28.2 Å². The lowest BCUT2D eigenvalue weighted by Crippen LogP contribution is -2.61. The van der Waals surface area contributed by atoms with E-state index in [1.807, 2.05) is 24.3 Å². The van der Waals surface area contributed by atoms with Crippen LogP contribution in [-0.4, -0.2) is 35.8 Å². The first-order chi connectivity index (χ1) is 21.3. The Morgan fingerprint density at radius 1 is 0.909 bits per heavy atom. The molecule has 0 spiro atoms. The highest BCUT2D eigenvalue weighted by Crippen LogP contribution is 2.50. The van der Waals surface area contributed by atoms with Crippen LogP contribution in [0.3, 0.4) is 0 Å². The number of nitrogens with zero attached hydrogens (tertiary/aromatic N) is 4. The molecule has 3 aromatic carbocycles. The van der Waals surface area contributed by atoms with Crippen LogP contribution in [0.25, 0.3) is 16.6 Å². The molecule has 3 atom stereocenters. The number of benzene rings is 3. The maximum absolute atomic E-state index is 6.62. The van der Waals surface area contributed by atoms with Gasteiger partial charge in [-0.25, -0.2) is 9.13 Å². The molecule has 44 heavy (non-hydrogen) atoms. The zero-order chi connectivity index (χ0) is 30.4. The summed E-state index contributed by atoms with van der Waals surface area (Å²) in [6, 6.07) is 17.1. The van der Waals surface area contributed by atoms with Crippen LogP contribution in [0.5, 0.6) is 0 Å². The van der Waals surface area contributed by atoms with Gasteiger partial charge in [0.05, 0.1) is 62.2 Å². The number of nitrogens with one attached hydrogen (secondary N) is 2. The van der Waals surface area contributed by atoms with Crippen molar-refractivity contribution >= 4 is 80.1 Å². The van der Waals surface area contributed by atoms with Gasteiger partial charge in [0.2, 0.25) is 0 Å². The summed E-state index contributed by atoms with van der Waals surface area (Å²) in [4.78, 5) is 4.80. The van der Waals surface area contributed by atoms with Gasteiger partial charge in [-0.3, -0.25) is 0 Å². The lowest BCUT2D eigenvalue weighted by atomic mass is 9.83. The van der Waals surface area contributed by atoms with E-state index in [0.29, 0.717) is 20.1 Å². The summed E-state index contributed by atoms with van der Waals surface area (Å²) < 4.78 is 4.80. The molecule has 3 unspecified atom stereocenters. The van der Waals surface area contributed by atoms with E-state index in [2.05, 4.69) is 80.7 Å². The number of rotatable bonds is 4. The third kappa shape index (κ3) is 4.22. The molecule has 0 amide bonds.